The summed E-state index contributed by atoms with van der Waals surface area (Å²) < 4.78 is 2.03. The molecule has 30 heavy (non-hydrogen) atoms. The highest BCUT2D eigenvalue weighted by atomic mass is 16.4. The van der Waals surface area contributed by atoms with Crippen LogP contribution in [0, 0.1) is 0 Å². The van der Waals surface area contributed by atoms with Gasteiger partial charge in [0.15, 0.2) is 5.82 Å². The van der Waals surface area contributed by atoms with Crippen molar-refractivity contribution >= 4 is 5.97 Å². The lowest BCUT2D eigenvalue weighted by molar-refractivity contribution is 0.0697. The third-order valence-corrected chi connectivity index (χ3v) is 5.47. The van der Waals surface area contributed by atoms with Crippen LogP contribution in [-0.2, 0) is 13.0 Å². The molecule has 3 rings (SSSR count). The third kappa shape index (κ3) is 5.12. The smallest absolute Gasteiger partial charge is 0.337 e. The van der Waals surface area contributed by atoms with E-state index >= 15 is 0 Å². The third-order valence-electron chi connectivity index (χ3n) is 5.47. The lowest BCUT2D eigenvalue weighted by atomic mass is 10.0. The van der Waals surface area contributed by atoms with Crippen molar-refractivity contribution in [2.75, 3.05) is 0 Å². The van der Waals surface area contributed by atoms with Gasteiger partial charge in [0.2, 0.25) is 0 Å². The SMILES string of the molecule is CCCCCc1nc(C(C)CC)nn1Cc1ccc(-c2ccncc2C(=O)O)cc1. The van der Waals surface area contributed by atoms with Gasteiger partial charge in [-0.25, -0.2) is 14.5 Å². The van der Waals surface area contributed by atoms with Crippen molar-refractivity contribution in [1.82, 2.24) is 19.7 Å². The summed E-state index contributed by atoms with van der Waals surface area (Å²) >= 11 is 0. The Morgan fingerprint density at radius 2 is 1.90 bits per heavy atom. The van der Waals surface area contributed by atoms with Crippen LogP contribution in [0.3, 0.4) is 0 Å². The van der Waals surface area contributed by atoms with Gasteiger partial charge in [-0.2, -0.15) is 5.10 Å². The summed E-state index contributed by atoms with van der Waals surface area (Å²) in [6.45, 7) is 7.19. The highest BCUT2D eigenvalue weighted by Gasteiger charge is 2.15. The molecule has 0 aliphatic heterocycles. The van der Waals surface area contributed by atoms with Crippen molar-refractivity contribution in [1.29, 1.82) is 0 Å². The number of nitrogens with zero attached hydrogens (tertiary/aromatic N) is 4. The second-order valence-electron chi connectivity index (χ2n) is 7.73. The van der Waals surface area contributed by atoms with Gasteiger partial charge in [0.1, 0.15) is 5.82 Å². The summed E-state index contributed by atoms with van der Waals surface area (Å²) in [7, 11) is 0. The van der Waals surface area contributed by atoms with Crippen LogP contribution in [0.15, 0.2) is 42.7 Å². The van der Waals surface area contributed by atoms with E-state index in [4.69, 9.17) is 10.1 Å². The number of benzene rings is 1. The predicted octanol–water partition coefficient (Wildman–Crippen LogP) is 5.33. The van der Waals surface area contributed by atoms with Gasteiger partial charge in [-0.05, 0) is 35.6 Å². The molecule has 0 fully saturated rings. The fourth-order valence-electron chi connectivity index (χ4n) is 3.41. The summed E-state index contributed by atoms with van der Waals surface area (Å²) in [5.41, 5.74) is 2.85. The van der Waals surface area contributed by atoms with E-state index < -0.39 is 5.97 Å². The topological polar surface area (TPSA) is 80.9 Å². The molecule has 0 saturated carbocycles. The molecular weight excluding hydrogens is 376 g/mol. The summed E-state index contributed by atoms with van der Waals surface area (Å²) in [5.74, 6) is 1.34. The van der Waals surface area contributed by atoms with E-state index in [1.54, 1.807) is 12.3 Å². The second-order valence-corrected chi connectivity index (χ2v) is 7.73. The summed E-state index contributed by atoms with van der Waals surface area (Å²) in [4.78, 5) is 20.2. The number of unbranched alkanes of at least 4 members (excludes halogenated alkanes) is 2. The number of carbonyl (C=O) groups is 1. The highest BCUT2D eigenvalue weighted by molar-refractivity contribution is 5.95. The fraction of sp³-hybridized carbons (Fsp3) is 0.417. The normalized spacial score (nSPS) is 12.1. The number of rotatable bonds is 10. The van der Waals surface area contributed by atoms with Gasteiger partial charge in [0, 0.05) is 24.7 Å². The lowest BCUT2D eigenvalue weighted by Crippen LogP contribution is -2.07. The molecule has 0 spiro atoms. The van der Waals surface area contributed by atoms with E-state index in [0.29, 0.717) is 18.0 Å². The largest absolute Gasteiger partial charge is 0.478 e. The average molecular weight is 407 g/mol. The number of aromatic nitrogens is 4. The standard InChI is InChI=1S/C24H30N4O2/c1-4-6-7-8-22-26-23(17(3)5-2)27-28(22)16-18-9-11-19(12-10-18)20-13-14-25-15-21(20)24(29)30/h9-15,17H,4-8,16H2,1-3H3,(H,29,30). The molecule has 0 aliphatic rings. The first kappa shape index (κ1) is 21.7. The van der Waals surface area contributed by atoms with Crippen LogP contribution in [-0.4, -0.2) is 30.8 Å². The van der Waals surface area contributed by atoms with Crippen LogP contribution in [0.25, 0.3) is 11.1 Å². The summed E-state index contributed by atoms with van der Waals surface area (Å²) in [5, 5.41) is 14.2. The van der Waals surface area contributed by atoms with E-state index in [9.17, 15) is 9.90 Å². The van der Waals surface area contributed by atoms with Gasteiger partial charge in [0.25, 0.3) is 0 Å². The molecule has 158 valence electrons. The minimum atomic E-state index is -0.973. The Bertz CT molecular complexity index is 979. The van der Waals surface area contributed by atoms with Crippen LogP contribution in [0.5, 0.6) is 0 Å². The van der Waals surface area contributed by atoms with E-state index in [2.05, 4.69) is 25.8 Å². The van der Waals surface area contributed by atoms with Crippen molar-refractivity contribution in [2.45, 2.75) is 65.3 Å². The molecule has 1 atom stereocenters. The predicted molar refractivity (Wildman–Crippen MR) is 118 cm³/mol. The number of hydrogen-bond donors (Lipinski definition) is 1. The Labute approximate surface area is 178 Å². The molecule has 0 aliphatic carbocycles. The van der Waals surface area contributed by atoms with Crippen LogP contribution in [0.1, 0.15) is 79.9 Å². The lowest BCUT2D eigenvalue weighted by Gasteiger charge is -2.09. The monoisotopic (exact) mass is 406 g/mol. The zero-order valence-corrected chi connectivity index (χ0v) is 18.0. The van der Waals surface area contributed by atoms with Crippen LogP contribution < -0.4 is 0 Å². The van der Waals surface area contributed by atoms with Gasteiger partial charge >= 0.3 is 5.97 Å². The minimum Gasteiger partial charge on any atom is -0.478 e. The van der Waals surface area contributed by atoms with Crippen molar-refractivity contribution in [3.05, 3.63) is 65.5 Å². The zero-order chi connectivity index (χ0) is 21.5. The Balaban J connectivity index is 1.83. The van der Waals surface area contributed by atoms with Gasteiger partial charge in [-0.1, -0.05) is 57.9 Å². The Morgan fingerprint density at radius 1 is 1.13 bits per heavy atom. The molecule has 0 bridgehead atoms. The number of aromatic carboxylic acids is 1. The average Bonchev–Trinajstić information content (AvgIpc) is 3.16. The zero-order valence-electron chi connectivity index (χ0n) is 18.0. The molecular formula is C24H30N4O2. The molecule has 6 heteroatoms. The first-order valence-electron chi connectivity index (χ1n) is 10.7. The fourth-order valence-corrected chi connectivity index (χ4v) is 3.41. The Hall–Kier alpha value is -3.02. The quantitative estimate of drug-likeness (QED) is 0.460. The first-order valence-corrected chi connectivity index (χ1v) is 10.7. The maximum atomic E-state index is 11.5. The molecule has 1 aromatic carbocycles. The second kappa shape index (κ2) is 10.1. The Morgan fingerprint density at radius 3 is 2.57 bits per heavy atom. The molecule has 0 amide bonds. The van der Waals surface area contributed by atoms with Gasteiger partial charge in [-0.15, -0.1) is 0 Å². The molecule has 1 N–H and O–H groups in total. The number of aryl methyl sites for hydroxylation is 1. The first-order chi connectivity index (χ1) is 14.5. The van der Waals surface area contributed by atoms with Crippen LogP contribution >= 0.6 is 0 Å². The van der Waals surface area contributed by atoms with Crippen molar-refractivity contribution in [2.24, 2.45) is 0 Å². The highest BCUT2D eigenvalue weighted by Crippen LogP contribution is 2.24. The van der Waals surface area contributed by atoms with Gasteiger partial charge in [0.05, 0.1) is 12.1 Å². The van der Waals surface area contributed by atoms with Crippen molar-refractivity contribution in [3.8, 4) is 11.1 Å². The van der Waals surface area contributed by atoms with Crippen molar-refractivity contribution in [3.63, 3.8) is 0 Å². The van der Waals surface area contributed by atoms with Gasteiger partial charge < -0.3 is 5.11 Å². The number of carboxylic acids is 1. The maximum Gasteiger partial charge on any atom is 0.337 e. The number of pyridine rings is 1. The molecule has 0 radical (unpaired) electrons. The summed E-state index contributed by atoms with van der Waals surface area (Å²) in [6.07, 6.45) is 8.46. The van der Waals surface area contributed by atoms with Crippen molar-refractivity contribution < 1.29 is 9.90 Å². The maximum absolute atomic E-state index is 11.5. The van der Waals surface area contributed by atoms with E-state index in [-0.39, 0.29) is 5.56 Å². The van der Waals surface area contributed by atoms with E-state index in [0.717, 1.165) is 42.0 Å². The van der Waals surface area contributed by atoms with Crippen LogP contribution in [0.2, 0.25) is 0 Å². The molecule has 2 aromatic heterocycles. The molecule has 2 heterocycles. The van der Waals surface area contributed by atoms with E-state index in [1.807, 2.05) is 28.9 Å². The van der Waals surface area contributed by atoms with E-state index in [1.165, 1.54) is 19.0 Å². The van der Waals surface area contributed by atoms with Crippen LogP contribution in [0.4, 0.5) is 0 Å². The molecule has 1 unspecified atom stereocenters. The Kier molecular flexibility index (Phi) is 7.33. The molecule has 0 saturated heterocycles. The van der Waals surface area contributed by atoms with Gasteiger partial charge in [-0.3, -0.25) is 4.98 Å². The summed E-state index contributed by atoms with van der Waals surface area (Å²) in [6, 6.07) is 9.71. The molecule has 3 aromatic rings. The molecule has 6 nitrogen and oxygen atoms in total. The number of hydrogen-bond acceptors (Lipinski definition) is 4. The minimum absolute atomic E-state index is 0.206. The number of carboxylic acid groups (broad SMARTS) is 1.